The van der Waals surface area contributed by atoms with Gasteiger partial charge in [-0.25, -0.2) is 9.97 Å². The maximum atomic E-state index is 6.49. The van der Waals surface area contributed by atoms with Crippen molar-refractivity contribution in [3.63, 3.8) is 0 Å². The Morgan fingerprint density at radius 2 is 1.29 bits per heavy atom. The molecular weight excluding hydrogens is 550 g/mol. The molecule has 0 bridgehead atoms. The molecule has 3 heterocycles. The number of para-hydroxylation sites is 1. The highest BCUT2D eigenvalue weighted by Gasteiger charge is 2.20. The number of furan rings is 1. The van der Waals surface area contributed by atoms with Crippen LogP contribution in [0.4, 0.5) is 0 Å². The molecule has 0 N–H and O–H groups in total. The third-order valence-electron chi connectivity index (χ3n) is 8.33. The first kappa shape index (κ1) is 26.6. The van der Waals surface area contributed by atoms with Gasteiger partial charge >= 0.3 is 0 Å². The van der Waals surface area contributed by atoms with E-state index in [9.17, 15) is 0 Å². The SMILES string of the molecule is C=Cc1c(/C=C\C)oc2c1ccc1c2c2ccccc2n1-c1ccc(-c2cc(-c3ccccc3)nc(-c3ccccc3)n2)cc1. The average molecular weight is 580 g/mol. The maximum Gasteiger partial charge on any atom is 0.160 e. The van der Waals surface area contributed by atoms with E-state index in [1.807, 2.05) is 61.5 Å². The number of fused-ring (bicyclic) bond motifs is 5. The normalized spacial score (nSPS) is 11.7. The van der Waals surface area contributed by atoms with E-state index in [0.29, 0.717) is 5.82 Å². The first-order chi connectivity index (χ1) is 22.2. The summed E-state index contributed by atoms with van der Waals surface area (Å²) in [6.07, 6.45) is 5.88. The van der Waals surface area contributed by atoms with Crippen LogP contribution in [0.25, 0.3) is 84.5 Å². The minimum absolute atomic E-state index is 0.706. The van der Waals surface area contributed by atoms with E-state index < -0.39 is 0 Å². The molecule has 5 aromatic carbocycles. The average Bonchev–Trinajstić information content (AvgIpc) is 3.64. The third kappa shape index (κ3) is 4.47. The molecular formula is C41H29N3O. The second kappa shape index (κ2) is 10.9. The Labute approximate surface area is 261 Å². The molecule has 8 aromatic rings. The predicted octanol–water partition coefficient (Wildman–Crippen LogP) is 11.0. The molecule has 0 spiro atoms. The van der Waals surface area contributed by atoms with E-state index in [4.69, 9.17) is 14.4 Å². The molecule has 0 saturated carbocycles. The minimum atomic E-state index is 0.706. The second-order valence-electron chi connectivity index (χ2n) is 11.0. The van der Waals surface area contributed by atoms with Crippen molar-refractivity contribution >= 4 is 44.9 Å². The molecule has 0 atom stereocenters. The molecule has 8 rings (SSSR count). The van der Waals surface area contributed by atoms with Gasteiger partial charge in [0.15, 0.2) is 5.82 Å². The zero-order valence-corrected chi connectivity index (χ0v) is 24.8. The van der Waals surface area contributed by atoms with Crippen molar-refractivity contribution in [2.75, 3.05) is 0 Å². The van der Waals surface area contributed by atoms with Crippen LogP contribution in [0.3, 0.4) is 0 Å². The lowest BCUT2D eigenvalue weighted by molar-refractivity contribution is 0.606. The number of hydrogen-bond donors (Lipinski definition) is 0. The summed E-state index contributed by atoms with van der Waals surface area (Å²) in [4.78, 5) is 9.96. The van der Waals surface area contributed by atoms with Gasteiger partial charge in [0.05, 0.1) is 27.8 Å². The lowest BCUT2D eigenvalue weighted by Gasteiger charge is -2.11. The van der Waals surface area contributed by atoms with E-state index in [0.717, 1.165) is 77.9 Å². The fourth-order valence-corrected chi connectivity index (χ4v) is 6.26. The maximum absolute atomic E-state index is 6.49. The van der Waals surface area contributed by atoms with Crippen molar-refractivity contribution in [1.82, 2.24) is 14.5 Å². The highest BCUT2D eigenvalue weighted by molar-refractivity contribution is 6.20. The van der Waals surface area contributed by atoms with Gasteiger partial charge in [0.25, 0.3) is 0 Å². The molecule has 4 nitrogen and oxygen atoms in total. The van der Waals surface area contributed by atoms with Crippen LogP contribution in [0.2, 0.25) is 0 Å². The Kier molecular flexibility index (Phi) is 6.46. The molecule has 3 aromatic heterocycles. The molecule has 0 aliphatic heterocycles. The summed E-state index contributed by atoms with van der Waals surface area (Å²) in [5.74, 6) is 1.53. The van der Waals surface area contributed by atoms with Gasteiger partial charge in [-0.1, -0.05) is 110 Å². The lowest BCUT2D eigenvalue weighted by Crippen LogP contribution is -1.97. The summed E-state index contributed by atoms with van der Waals surface area (Å²) in [5.41, 5.74) is 10.0. The highest BCUT2D eigenvalue weighted by Crippen LogP contribution is 2.40. The fraction of sp³-hybridized carbons (Fsp3) is 0.0244. The standard InChI is InChI=1S/C41H29N3O/c1-3-13-38-31(4-2)32-24-25-37-39(40(32)45-38)33-18-11-12-19-36(33)44(37)30-22-20-28(21-23-30)35-26-34(27-14-7-5-8-15-27)42-41(43-35)29-16-9-6-10-17-29/h3-26H,2H2,1H3/b13-3-. The summed E-state index contributed by atoms with van der Waals surface area (Å²) in [5, 5.41) is 3.31. The minimum Gasteiger partial charge on any atom is -0.455 e. The molecule has 0 aliphatic carbocycles. The Morgan fingerprint density at radius 3 is 1.98 bits per heavy atom. The zero-order valence-electron chi connectivity index (χ0n) is 24.8. The van der Waals surface area contributed by atoms with Gasteiger partial charge in [-0.2, -0.15) is 0 Å². The topological polar surface area (TPSA) is 43.9 Å². The molecule has 45 heavy (non-hydrogen) atoms. The van der Waals surface area contributed by atoms with Crippen molar-refractivity contribution in [3.8, 4) is 39.6 Å². The first-order valence-electron chi connectivity index (χ1n) is 15.1. The number of rotatable bonds is 6. The lowest BCUT2D eigenvalue weighted by atomic mass is 10.1. The van der Waals surface area contributed by atoms with Crippen molar-refractivity contribution in [1.29, 1.82) is 0 Å². The van der Waals surface area contributed by atoms with Crippen LogP contribution in [-0.2, 0) is 0 Å². The van der Waals surface area contributed by atoms with Crippen LogP contribution < -0.4 is 0 Å². The summed E-state index contributed by atoms with van der Waals surface area (Å²) in [6, 6.07) is 44.0. The summed E-state index contributed by atoms with van der Waals surface area (Å²) >= 11 is 0. The van der Waals surface area contributed by atoms with Crippen LogP contribution in [0.5, 0.6) is 0 Å². The van der Waals surface area contributed by atoms with E-state index in [1.165, 1.54) is 0 Å². The van der Waals surface area contributed by atoms with Crippen molar-refractivity contribution in [2.45, 2.75) is 6.92 Å². The fourth-order valence-electron chi connectivity index (χ4n) is 6.26. The Hall–Kier alpha value is -6.00. The number of hydrogen-bond acceptors (Lipinski definition) is 3. The molecule has 0 amide bonds. The largest absolute Gasteiger partial charge is 0.455 e. The van der Waals surface area contributed by atoms with Gasteiger partial charge in [-0.3, -0.25) is 0 Å². The van der Waals surface area contributed by atoms with Crippen LogP contribution in [0.1, 0.15) is 18.2 Å². The summed E-state index contributed by atoms with van der Waals surface area (Å²) in [7, 11) is 0. The van der Waals surface area contributed by atoms with Crippen LogP contribution in [0, 0.1) is 0 Å². The Balaban J connectivity index is 1.29. The number of benzene rings is 5. The number of aromatic nitrogens is 3. The van der Waals surface area contributed by atoms with E-state index in [2.05, 4.69) is 102 Å². The molecule has 0 unspecified atom stereocenters. The summed E-state index contributed by atoms with van der Waals surface area (Å²) < 4.78 is 8.80. The van der Waals surface area contributed by atoms with E-state index in [-0.39, 0.29) is 0 Å². The number of nitrogens with zero attached hydrogens (tertiary/aromatic N) is 3. The predicted molar refractivity (Wildman–Crippen MR) is 187 cm³/mol. The van der Waals surface area contributed by atoms with Crippen LogP contribution in [0.15, 0.2) is 144 Å². The van der Waals surface area contributed by atoms with Gasteiger partial charge in [-0.05, 0) is 49.4 Å². The van der Waals surface area contributed by atoms with Gasteiger partial charge < -0.3 is 8.98 Å². The second-order valence-corrected chi connectivity index (χ2v) is 11.0. The van der Waals surface area contributed by atoms with Crippen LogP contribution in [-0.4, -0.2) is 14.5 Å². The molecule has 0 aliphatic rings. The van der Waals surface area contributed by atoms with Crippen molar-refractivity contribution < 1.29 is 4.42 Å². The van der Waals surface area contributed by atoms with Gasteiger partial charge in [0.2, 0.25) is 0 Å². The van der Waals surface area contributed by atoms with Crippen molar-refractivity contribution in [3.05, 3.63) is 151 Å². The monoisotopic (exact) mass is 579 g/mol. The summed E-state index contributed by atoms with van der Waals surface area (Å²) in [6.45, 7) is 6.06. The van der Waals surface area contributed by atoms with E-state index >= 15 is 0 Å². The third-order valence-corrected chi connectivity index (χ3v) is 8.33. The van der Waals surface area contributed by atoms with Crippen LogP contribution >= 0.6 is 0 Å². The molecule has 0 fully saturated rings. The quantitative estimate of drug-likeness (QED) is 0.197. The zero-order chi connectivity index (χ0) is 30.3. The van der Waals surface area contributed by atoms with E-state index in [1.54, 1.807) is 0 Å². The molecule has 4 heteroatoms. The molecule has 0 saturated heterocycles. The first-order valence-corrected chi connectivity index (χ1v) is 15.1. The Morgan fingerprint density at radius 1 is 0.644 bits per heavy atom. The van der Waals surface area contributed by atoms with Gasteiger partial charge in [-0.15, -0.1) is 0 Å². The van der Waals surface area contributed by atoms with Gasteiger partial charge in [0, 0.05) is 38.7 Å². The van der Waals surface area contributed by atoms with Crippen molar-refractivity contribution in [2.24, 2.45) is 0 Å². The van der Waals surface area contributed by atoms with Gasteiger partial charge in [0.1, 0.15) is 11.3 Å². The smallest absolute Gasteiger partial charge is 0.160 e. The molecule has 0 radical (unpaired) electrons. The molecule has 214 valence electrons. The Bertz CT molecular complexity index is 2320. The highest BCUT2D eigenvalue weighted by atomic mass is 16.3. The number of allylic oxidation sites excluding steroid dienone is 1.